The molecule has 2 aliphatic rings. The van der Waals surface area contributed by atoms with Gasteiger partial charge in [-0.05, 0) is 73.8 Å². The largest absolute Gasteiger partial charge is 0.497 e. The van der Waals surface area contributed by atoms with Crippen molar-refractivity contribution in [2.45, 2.75) is 38.6 Å². The summed E-state index contributed by atoms with van der Waals surface area (Å²) in [5.41, 5.74) is 3.82. The summed E-state index contributed by atoms with van der Waals surface area (Å²) in [7, 11) is 1.67. The van der Waals surface area contributed by atoms with Gasteiger partial charge < -0.3 is 15.0 Å². The maximum absolute atomic E-state index is 12.9. The van der Waals surface area contributed by atoms with Crippen LogP contribution in [-0.4, -0.2) is 50.0 Å². The number of amides is 2. The second-order valence-corrected chi connectivity index (χ2v) is 8.36. The Balaban J connectivity index is 1.47. The summed E-state index contributed by atoms with van der Waals surface area (Å²) in [6, 6.07) is 13.9. The lowest BCUT2D eigenvalue weighted by Gasteiger charge is -2.35. The molecule has 1 saturated heterocycles. The molecule has 2 heterocycles. The van der Waals surface area contributed by atoms with Crippen molar-refractivity contribution in [3.8, 4) is 5.75 Å². The average molecular weight is 422 g/mol. The average Bonchev–Trinajstić information content (AvgIpc) is 3.24. The topological polar surface area (TPSA) is 61.9 Å². The Morgan fingerprint density at radius 2 is 1.77 bits per heavy atom. The van der Waals surface area contributed by atoms with Gasteiger partial charge in [-0.15, -0.1) is 0 Å². The lowest BCUT2D eigenvalue weighted by Crippen LogP contribution is -2.40. The van der Waals surface area contributed by atoms with Crippen molar-refractivity contribution >= 4 is 17.5 Å². The molecule has 31 heavy (non-hydrogen) atoms. The van der Waals surface area contributed by atoms with Crippen LogP contribution in [0.2, 0.25) is 0 Å². The summed E-state index contributed by atoms with van der Waals surface area (Å²) >= 11 is 0. The third kappa shape index (κ3) is 4.74. The third-order valence-electron chi connectivity index (χ3n) is 6.41. The molecule has 0 spiro atoms. The van der Waals surface area contributed by atoms with Crippen LogP contribution in [0.15, 0.2) is 42.5 Å². The monoisotopic (exact) mass is 421 g/mol. The molecule has 0 aliphatic carbocycles. The van der Waals surface area contributed by atoms with Gasteiger partial charge in [-0.3, -0.25) is 14.5 Å². The summed E-state index contributed by atoms with van der Waals surface area (Å²) in [5, 5.41) is 3.16. The summed E-state index contributed by atoms with van der Waals surface area (Å²) in [5.74, 6) is 0.808. The maximum atomic E-state index is 12.9. The van der Waals surface area contributed by atoms with Gasteiger partial charge in [0.2, 0.25) is 5.91 Å². The lowest BCUT2D eigenvalue weighted by molar-refractivity contribution is -0.116. The normalized spacial score (nSPS) is 17.2. The molecule has 0 aromatic heterocycles. The molecular formula is C25H31N3O3. The van der Waals surface area contributed by atoms with Gasteiger partial charge in [0, 0.05) is 31.3 Å². The van der Waals surface area contributed by atoms with Gasteiger partial charge >= 0.3 is 0 Å². The second kappa shape index (κ2) is 9.52. The fourth-order valence-electron chi connectivity index (χ4n) is 4.68. The van der Waals surface area contributed by atoms with Crippen LogP contribution in [0.4, 0.5) is 5.69 Å². The summed E-state index contributed by atoms with van der Waals surface area (Å²) in [6.45, 7) is 4.92. The molecule has 6 nitrogen and oxygen atoms in total. The van der Waals surface area contributed by atoms with Crippen molar-refractivity contribution in [3.63, 3.8) is 0 Å². The highest BCUT2D eigenvalue weighted by atomic mass is 16.5. The molecule has 2 amide bonds. The molecule has 1 N–H and O–H groups in total. The Bertz CT molecular complexity index is 936. The van der Waals surface area contributed by atoms with Crippen molar-refractivity contribution in [1.82, 2.24) is 10.2 Å². The highest BCUT2D eigenvalue weighted by molar-refractivity contribution is 5.97. The van der Waals surface area contributed by atoms with E-state index in [2.05, 4.69) is 22.3 Å². The number of piperidine rings is 1. The highest BCUT2D eigenvalue weighted by Crippen LogP contribution is 2.29. The van der Waals surface area contributed by atoms with E-state index in [4.69, 9.17) is 4.74 Å². The van der Waals surface area contributed by atoms with Gasteiger partial charge in [-0.25, -0.2) is 0 Å². The van der Waals surface area contributed by atoms with Crippen molar-refractivity contribution < 1.29 is 14.3 Å². The zero-order chi connectivity index (χ0) is 21.8. The molecule has 0 radical (unpaired) electrons. The van der Waals surface area contributed by atoms with Gasteiger partial charge in [0.25, 0.3) is 5.91 Å². The summed E-state index contributed by atoms with van der Waals surface area (Å²) in [6.07, 6.45) is 4.44. The fourth-order valence-corrected chi connectivity index (χ4v) is 4.68. The van der Waals surface area contributed by atoms with E-state index in [0.717, 1.165) is 36.5 Å². The number of methoxy groups -OCH3 is 1. The van der Waals surface area contributed by atoms with E-state index in [1.807, 2.05) is 30.3 Å². The number of nitrogens with zero attached hydrogens (tertiary/aromatic N) is 2. The van der Waals surface area contributed by atoms with E-state index in [-0.39, 0.29) is 17.9 Å². The zero-order valence-corrected chi connectivity index (χ0v) is 18.4. The number of fused-ring (bicyclic) bond motifs is 1. The smallest absolute Gasteiger partial charge is 0.251 e. The number of carbonyl (C=O) groups is 2. The molecule has 1 atom stereocenters. The third-order valence-corrected chi connectivity index (χ3v) is 6.41. The number of carbonyl (C=O) groups excluding carboxylic acids is 2. The number of hydrogen-bond donors (Lipinski definition) is 1. The first-order valence-corrected chi connectivity index (χ1v) is 11.1. The van der Waals surface area contributed by atoms with Gasteiger partial charge in [0.1, 0.15) is 5.75 Å². The van der Waals surface area contributed by atoms with Crippen molar-refractivity contribution in [2.75, 3.05) is 38.2 Å². The van der Waals surface area contributed by atoms with Crippen LogP contribution >= 0.6 is 0 Å². The minimum atomic E-state index is -0.0698. The van der Waals surface area contributed by atoms with Crippen molar-refractivity contribution in [1.29, 1.82) is 0 Å². The molecule has 0 bridgehead atoms. The molecule has 2 aromatic carbocycles. The maximum Gasteiger partial charge on any atom is 0.251 e. The van der Waals surface area contributed by atoms with Crippen molar-refractivity contribution in [2.24, 2.45) is 0 Å². The second-order valence-electron chi connectivity index (χ2n) is 8.36. The zero-order valence-electron chi connectivity index (χ0n) is 18.4. The van der Waals surface area contributed by atoms with Crippen LogP contribution in [0, 0.1) is 0 Å². The van der Waals surface area contributed by atoms with E-state index < -0.39 is 0 Å². The van der Waals surface area contributed by atoms with Gasteiger partial charge in [0.05, 0.1) is 13.2 Å². The van der Waals surface area contributed by atoms with E-state index in [9.17, 15) is 9.59 Å². The quantitative estimate of drug-likeness (QED) is 0.775. The Morgan fingerprint density at radius 1 is 1.03 bits per heavy atom. The van der Waals surface area contributed by atoms with Gasteiger partial charge in [-0.1, -0.05) is 18.6 Å². The summed E-state index contributed by atoms with van der Waals surface area (Å²) < 4.78 is 5.30. The fraction of sp³-hybridized carbons (Fsp3) is 0.440. The number of hydrogen-bond acceptors (Lipinski definition) is 4. The number of anilines is 1. The minimum Gasteiger partial charge on any atom is -0.497 e. The number of benzene rings is 2. The van der Waals surface area contributed by atoms with Crippen LogP contribution in [0.3, 0.4) is 0 Å². The van der Waals surface area contributed by atoms with E-state index in [1.54, 1.807) is 18.9 Å². The van der Waals surface area contributed by atoms with Crippen LogP contribution < -0.4 is 15.0 Å². The molecular weight excluding hydrogens is 390 g/mol. The van der Waals surface area contributed by atoms with E-state index in [0.29, 0.717) is 18.7 Å². The molecule has 6 heteroatoms. The SMILES string of the molecule is COc1ccc([C@H](CNC(=O)c2ccc3c(c2)CCN3C(C)=O)N2CCCCC2)cc1. The minimum absolute atomic E-state index is 0.0415. The first-order valence-electron chi connectivity index (χ1n) is 11.1. The van der Waals surface area contributed by atoms with E-state index >= 15 is 0 Å². The molecule has 164 valence electrons. The predicted octanol–water partition coefficient (Wildman–Crippen LogP) is 3.56. The Kier molecular flexibility index (Phi) is 6.56. The van der Waals surface area contributed by atoms with Gasteiger partial charge in [-0.2, -0.15) is 0 Å². The van der Waals surface area contributed by atoms with Crippen molar-refractivity contribution in [3.05, 3.63) is 59.2 Å². The molecule has 2 aliphatic heterocycles. The summed E-state index contributed by atoms with van der Waals surface area (Å²) in [4.78, 5) is 29.0. The Hall–Kier alpha value is -2.86. The number of likely N-dealkylation sites (tertiary alicyclic amines) is 1. The molecule has 2 aromatic rings. The van der Waals surface area contributed by atoms with Crippen LogP contribution in [0.1, 0.15) is 53.7 Å². The number of nitrogens with one attached hydrogen (secondary N) is 1. The first kappa shape index (κ1) is 21.4. The Labute approximate surface area is 184 Å². The van der Waals surface area contributed by atoms with Crippen LogP contribution in [0.5, 0.6) is 5.75 Å². The lowest BCUT2D eigenvalue weighted by atomic mass is 10.0. The predicted molar refractivity (Wildman–Crippen MR) is 122 cm³/mol. The van der Waals surface area contributed by atoms with Crippen LogP contribution in [-0.2, 0) is 11.2 Å². The molecule has 0 unspecified atom stereocenters. The molecule has 0 saturated carbocycles. The number of ether oxygens (including phenoxy) is 1. The number of rotatable bonds is 6. The standard InChI is InChI=1S/C25H31N3O3/c1-18(29)28-15-12-20-16-21(8-11-23(20)28)25(30)26-17-24(27-13-4-3-5-14-27)19-6-9-22(31-2)10-7-19/h6-11,16,24H,3-5,12-15,17H2,1-2H3,(H,26,30)/t24-/m0/s1. The van der Waals surface area contributed by atoms with Gasteiger partial charge in [0.15, 0.2) is 0 Å². The van der Waals surface area contributed by atoms with E-state index in [1.165, 1.54) is 24.8 Å². The molecule has 1 fully saturated rings. The Morgan fingerprint density at radius 3 is 2.45 bits per heavy atom. The highest BCUT2D eigenvalue weighted by Gasteiger charge is 2.25. The molecule has 4 rings (SSSR count). The van der Waals surface area contributed by atoms with Crippen LogP contribution in [0.25, 0.3) is 0 Å². The first-order chi connectivity index (χ1) is 15.1.